The molecule has 0 saturated carbocycles. The predicted molar refractivity (Wildman–Crippen MR) is 65.2 cm³/mol. The molecule has 20 heavy (non-hydrogen) atoms. The van der Waals surface area contributed by atoms with Gasteiger partial charge in [-0.25, -0.2) is 22.9 Å². The Kier molecular flexibility index (Phi) is 3.88. The Hall–Kier alpha value is -2.57. The normalized spacial score (nSPS) is 10.2. The van der Waals surface area contributed by atoms with Crippen molar-refractivity contribution >= 4 is 17.5 Å². The lowest BCUT2D eigenvalue weighted by atomic mass is 10.2. The smallest absolute Gasteiger partial charge is 0.338 e. The third-order valence-electron chi connectivity index (χ3n) is 2.45. The van der Waals surface area contributed by atoms with Crippen LogP contribution in [0.15, 0.2) is 30.5 Å². The van der Waals surface area contributed by atoms with E-state index in [-0.39, 0.29) is 17.1 Å². The summed E-state index contributed by atoms with van der Waals surface area (Å²) in [5.74, 6) is -3.96. The van der Waals surface area contributed by atoms with Gasteiger partial charge in [0.25, 0.3) is 0 Å². The summed E-state index contributed by atoms with van der Waals surface area (Å²) in [6, 6.07) is 3.78. The molecule has 1 N–H and O–H groups in total. The number of aromatic nitrogens is 1. The molecule has 2 aromatic rings. The van der Waals surface area contributed by atoms with Gasteiger partial charge in [0.05, 0.1) is 18.4 Å². The molecule has 0 aliphatic heterocycles. The highest BCUT2D eigenvalue weighted by atomic mass is 19.2. The summed E-state index contributed by atoms with van der Waals surface area (Å²) in [6.07, 6.45) is 1.30. The minimum absolute atomic E-state index is 0.0952. The average Bonchev–Trinajstić information content (AvgIpc) is 2.44. The number of carbonyl (C=O) groups excluding carboxylic acids is 1. The second-order valence-corrected chi connectivity index (χ2v) is 3.79. The SMILES string of the molecule is COC(=O)c1ccnc(Nc2cc(F)c(F)cc2F)c1. The Bertz CT molecular complexity index is 662. The highest BCUT2D eigenvalue weighted by Gasteiger charge is 2.12. The van der Waals surface area contributed by atoms with E-state index < -0.39 is 23.4 Å². The van der Waals surface area contributed by atoms with Crippen molar-refractivity contribution in [2.75, 3.05) is 12.4 Å². The van der Waals surface area contributed by atoms with Crippen molar-refractivity contribution in [2.24, 2.45) is 0 Å². The fourth-order valence-corrected chi connectivity index (χ4v) is 1.50. The van der Waals surface area contributed by atoms with E-state index in [1.54, 1.807) is 0 Å². The van der Waals surface area contributed by atoms with Gasteiger partial charge < -0.3 is 10.1 Å². The number of pyridine rings is 1. The van der Waals surface area contributed by atoms with E-state index in [9.17, 15) is 18.0 Å². The van der Waals surface area contributed by atoms with Crippen molar-refractivity contribution in [3.8, 4) is 0 Å². The number of ether oxygens (including phenoxy) is 1. The van der Waals surface area contributed by atoms with E-state index in [4.69, 9.17) is 0 Å². The molecule has 0 saturated heterocycles. The first-order valence-electron chi connectivity index (χ1n) is 5.47. The second kappa shape index (κ2) is 5.60. The lowest BCUT2D eigenvalue weighted by molar-refractivity contribution is 0.0600. The molecule has 0 spiro atoms. The van der Waals surface area contributed by atoms with E-state index in [1.807, 2.05) is 0 Å². The van der Waals surface area contributed by atoms with Gasteiger partial charge in [-0.3, -0.25) is 0 Å². The third-order valence-corrected chi connectivity index (χ3v) is 2.45. The highest BCUT2D eigenvalue weighted by Crippen LogP contribution is 2.22. The van der Waals surface area contributed by atoms with E-state index in [0.717, 1.165) is 0 Å². The topological polar surface area (TPSA) is 51.2 Å². The molecule has 1 aromatic carbocycles. The maximum atomic E-state index is 13.5. The van der Waals surface area contributed by atoms with Crippen molar-refractivity contribution in [1.29, 1.82) is 0 Å². The Morgan fingerprint density at radius 2 is 1.85 bits per heavy atom. The molecule has 4 nitrogen and oxygen atoms in total. The summed E-state index contributed by atoms with van der Waals surface area (Å²) in [7, 11) is 1.21. The molecular formula is C13H9F3N2O2. The monoisotopic (exact) mass is 282 g/mol. The van der Waals surface area contributed by atoms with Gasteiger partial charge in [-0.2, -0.15) is 0 Å². The van der Waals surface area contributed by atoms with Gasteiger partial charge in [0.2, 0.25) is 0 Å². The maximum absolute atomic E-state index is 13.5. The highest BCUT2D eigenvalue weighted by molar-refractivity contribution is 5.90. The van der Waals surface area contributed by atoms with Crippen molar-refractivity contribution in [3.63, 3.8) is 0 Å². The van der Waals surface area contributed by atoms with E-state index in [0.29, 0.717) is 12.1 Å². The number of hydrogen-bond donors (Lipinski definition) is 1. The number of rotatable bonds is 3. The molecule has 0 fully saturated rings. The van der Waals surface area contributed by atoms with Crippen LogP contribution in [-0.4, -0.2) is 18.1 Å². The quantitative estimate of drug-likeness (QED) is 0.694. The molecule has 0 aliphatic carbocycles. The van der Waals surface area contributed by atoms with Gasteiger partial charge in [-0.1, -0.05) is 0 Å². The lowest BCUT2D eigenvalue weighted by Gasteiger charge is -2.08. The number of nitrogens with zero attached hydrogens (tertiary/aromatic N) is 1. The summed E-state index contributed by atoms with van der Waals surface area (Å²) >= 11 is 0. The van der Waals surface area contributed by atoms with E-state index >= 15 is 0 Å². The fourth-order valence-electron chi connectivity index (χ4n) is 1.50. The first-order valence-corrected chi connectivity index (χ1v) is 5.47. The molecule has 0 bridgehead atoms. The number of carbonyl (C=O) groups is 1. The molecular weight excluding hydrogens is 273 g/mol. The van der Waals surface area contributed by atoms with Crippen molar-refractivity contribution in [2.45, 2.75) is 0 Å². The van der Waals surface area contributed by atoms with Crippen molar-refractivity contribution in [1.82, 2.24) is 4.98 Å². The Balaban J connectivity index is 2.31. The van der Waals surface area contributed by atoms with Crippen LogP contribution in [0.5, 0.6) is 0 Å². The van der Waals surface area contributed by atoms with Crippen LogP contribution in [0.4, 0.5) is 24.7 Å². The molecule has 2 rings (SSSR count). The number of nitrogens with one attached hydrogen (secondary N) is 1. The summed E-state index contributed by atoms with van der Waals surface area (Å²) in [4.78, 5) is 15.2. The lowest BCUT2D eigenvalue weighted by Crippen LogP contribution is -2.04. The molecule has 104 valence electrons. The minimum Gasteiger partial charge on any atom is -0.465 e. The van der Waals surface area contributed by atoms with Crippen LogP contribution in [0.2, 0.25) is 0 Å². The van der Waals surface area contributed by atoms with Gasteiger partial charge >= 0.3 is 5.97 Å². The van der Waals surface area contributed by atoms with Crippen LogP contribution in [0.3, 0.4) is 0 Å². The zero-order valence-electron chi connectivity index (χ0n) is 10.3. The largest absolute Gasteiger partial charge is 0.465 e. The van der Waals surface area contributed by atoms with E-state index in [1.165, 1.54) is 25.4 Å². The van der Waals surface area contributed by atoms with Crippen molar-refractivity contribution < 1.29 is 22.7 Å². The number of methoxy groups -OCH3 is 1. The molecule has 0 atom stereocenters. The number of halogens is 3. The van der Waals surface area contributed by atoms with Crippen LogP contribution < -0.4 is 5.32 Å². The summed E-state index contributed by atoms with van der Waals surface area (Å²) < 4.78 is 43.8. The summed E-state index contributed by atoms with van der Waals surface area (Å²) in [5.41, 5.74) is -0.105. The molecule has 7 heteroatoms. The molecule has 1 heterocycles. The number of anilines is 2. The van der Waals surface area contributed by atoms with E-state index in [2.05, 4.69) is 15.0 Å². The first kappa shape index (κ1) is 13.9. The predicted octanol–water partition coefficient (Wildman–Crippen LogP) is 3.03. The second-order valence-electron chi connectivity index (χ2n) is 3.79. The molecule has 0 aliphatic rings. The van der Waals surface area contributed by atoms with Crippen LogP contribution in [0.1, 0.15) is 10.4 Å². The maximum Gasteiger partial charge on any atom is 0.338 e. The van der Waals surface area contributed by atoms with Gasteiger partial charge in [0.15, 0.2) is 11.6 Å². The molecule has 1 aromatic heterocycles. The van der Waals surface area contributed by atoms with Crippen LogP contribution in [-0.2, 0) is 4.74 Å². The Morgan fingerprint density at radius 1 is 1.15 bits per heavy atom. The Morgan fingerprint density at radius 3 is 2.55 bits per heavy atom. The fraction of sp³-hybridized carbons (Fsp3) is 0.0769. The van der Waals surface area contributed by atoms with Gasteiger partial charge in [-0.05, 0) is 12.1 Å². The van der Waals surface area contributed by atoms with Crippen LogP contribution in [0, 0.1) is 17.5 Å². The third kappa shape index (κ3) is 2.87. The minimum atomic E-state index is -1.29. The molecule has 0 radical (unpaired) electrons. The number of esters is 1. The van der Waals surface area contributed by atoms with Gasteiger partial charge in [0.1, 0.15) is 11.6 Å². The summed E-state index contributed by atoms with van der Waals surface area (Å²) in [6.45, 7) is 0. The Labute approximate surface area is 112 Å². The van der Waals surface area contributed by atoms with Crippen molar-refractivity contribution in [3.05, 3.63) is 53.5 Å². The molecule has 0 amide bonds. The van der Waals surface area contributed by atoms with Gasteiger partial charge in [0, 0.05) is 18.3 Å². The summed E-state index contributed by atoms with van der Waals surface area (Å²) in [5, 5.41) is 2.46. The zero-order valence-corrected chi connectivity index (χ0v) is 10.3. The van der Waals surface area contributed by atoms with Crippen LogP contribution in [0.25, 0.3) is 0 Å². The average molecular weight is 282 g/mol. The number of benzene rings is 1. The first-order chi connectivity index (χ1) is 9.51. The van der Waals surface area contributed by atoms with Gasteiger partial charge in [-0.15, -0.1) is 0 Å². The van der Waals surface area contributed by atoms with Crippen LogP contribution >= 0.6 is 0 Å². The standard InChI is InChI=1S/C13H9F3N2O2/c1-20-13(19)7-2-3-17-12(4-7)18-11-6-9(15)8(14)5-10(11)16/h2-6H,1H3,(H,17,18). The molecule has 0 unspecified atom stereocenters. The number of hydrogen-bond acceptors (Lipinski definition) is 4. The zero-order chi connectivity index (χ0) is 14.7.